The van der Waals surface area contributed by atoms with Crippen molar-refractivity contribution in [3.8, 4) is 0 Å². The van der Waals surface area contributed by atoms with E-state index in [9.17, 15) is 4.39 Å². The van der Waals surface area contributed by atoms with Crippen molar-refractivity contribution in [3.63, 3.8) is 0 Å². The van der Waals surface area contributed by atoms with E-state index in [4.69, 9.17) is 11.6 Å². The van der Waals surface area contributed by atoms with Crippen LogP contribution >= 0.6 is 11.6 Å². The van der Waals surface area contributed by atoms with Crippen LogP contribution in [0, 0.1) is 11.7 Å². The van der Waals surface area contributed by atoms with Gasteiger partial charge in [-0.05, 0) is 49.8 Å². The number of hydrogen-bond donors (Lipinski definition) is 1. The van der Waals surface area contributed by atoms with Crippen LogP contribution in [0.5, 0.6) is 0 Å². The van der Waals surface area contributed by atoms with Crippen LogP contribution in [-0.2, 0) is 6.42 Å². The van der Waals surface area contributed by atoms with Crippen LogP contribution in [0.4, 0.5) is 4.39 Å². The van der Waals surface area contributed by atoms with E-state index in [1.807, 2.05) is 12.1 Å². The molecular formula is C17H25ClFN. The molecule has 1 nitrogen and oxygen atoms in total. The Morgan fingerprint density at radius 3 is 2.85 bits per heavy atom. The molecule has 0 spiro atoms. The van der Waals surface area contributed by atoms with Gasteiger partial charge >= 0.3 is 0 Å². The Morgan fingerprint density at radius 1 is 1.25 bits per heavy atom. The summed E-state index contributed by atoms with van der Waals surface area (Å²) in [5.41, 5.74) is 0.771. The molecule has 1 aromatic rings. The Kier molecular flexibility index (Phi) is 6.31. The van der Waals surface area contributed by atoms with Gasteiger partial charge in [0.2, 0.25) is 0 Å². The smallest absolute Gasteiger partial charge is 0.144 e. The zero-order valence-corrected chi connectivity index (χ0v) is 13.1. The summed E-state index contributed by atoms with van der Waals surface area (Å²) in [7, 11) is 0. The van der Waals surface area contributed by atoms with Crippen molar-refractivity contribution in [2.75, 3.05) is 6.54 Å². The lowest BCUT2D eigenvalue weighted by molar-refractivity contribution is 0.329. The molecule has 0 aliphatic heterocycles. The standard InChI is InChI=1S/C17H25ClFN/c1-2-11-20-16-10-5-3-4-7-13(16)12-14-8-6-9-15(18)17(14)19/h6,8-9,13,16,20H,2-5,7,10-12H2,1H3. The average Bonchev–Trinajstić information content (AvgIpc) is 2.67. The van der Waals surface area contributed by atoms with Crippen LogP contribution in [0.3, 0.4) is 0 Å². The highest BCUT2D eigenvalue weighted by Gasteiger charge is 2.24. The second-order valence-corrected chi connectivity index (χ2v) is 6.28. The lowest BCUT2D eigenvalue weighted by Crippen LogP contribution is -2.37. The van der Waals surface area contributed by atoms with Crippen molar-refractivity contribution in [1.29, 1.82) is 0 Å². The second-order valence-electron chi connectivity index (χ2n) is 5.88. The summed E-state index contributed by atoms with van der Waals surface area (Å²) in [4.78, 5) is 0. The predicted octanol–water partition coefficient (Wildman–Crippen LogP) is 4.97. The van der Waals surface area contributed by atoms with Crippen LogP contribution in [0.15, 0.2) is 18.2 Å². The van der Waals surface area contributed by atoms with Crippen LogP contribution < -0.4 is 5.32 Å². The first-order chi connectivity index (χ1) is 9.72. The molecule has 1 aliphatic carbocycles. The summed E-state index contributed by atoms with van der Waals surface area (Å²) < 4.78 is 14.1. The zero-order valence-electron chi connectivity index (χ0n) is 12.3. The number of benzene rings is 1. The van der Waals surface area contributed by atoms with E-state index in [1.165, 1.54) is 32.1 Å². The molecule has 1 aromatic carbocycles. The van der Waals surface area contributed by atoms with E-state index < -0.39 is 0 Å². The van der Waals surface area contributed by atoms with Crippen molar-refractivity contribution in [3.05, 3.63) is 34.6 Å². The zero-order chi connectivity index (χ0) is 14.4. The van der Waals surface area contributed by atoms with Gasteiger partial charge in [0.05, 0.1) is 5.02 Å². The summed E-state index contributed by atoms with van der Waals surface area (Å²) in [6.07, 6.45) is 8.20. The van der Waals surface area contributed by atoms with E-state index in [-0.39, 0.29) is 10.8 Å². The Hall–Kier alpha value is -0.600. The van der Waals surface area contributed by atoms with Gasteiger partial charge in [-0.2, -0.15) is 0 Å². The molecule has 2 rings (SSSR count). The molecule has 2 atom stereocenters. The van der Waals surface area contributed by atoms with Gasteiger partial charge in [-0.15, -0.1) is 0 Å². The molecule has 1 N–H and O–H groups in total. The minimum atomic E-state index is -0.229. The van der Waals surface area contributed by atoms with Crippen LogP contribution in [0.25, 0.3) is 0 Å². The van der Waals surface area contributed by atoms with Crippen LogP contribution in [0.2, 0.25) is 5.02 Å². The van der Waals surface area contributed by atoms with Gasteiger partial charge in [-0.25, -0.2) is 4.39 Å². The Balaban J connectivity index is 2.08. The van der Waals surface area contributed by atoms with E-state index in [1.54, 1.807) is 6.07 Å². The van der Waals surface area contributed by atoms with Gasteiger partial charge in [0.1, 0.15) is 5.82 Å². The first-order valence-corrected chi connectivity index (χ1v) is 8.26. The first-order valence-electron chi connectivity index (χ1n) is 7.88. The minimum absolute atomic E-state index is 0.229. The fourth-order valence-electron chi connectivity index (χ4n) is 3.22. The summed E-state index contributed by atoms with van der Waals surface area (Å²) in [5.74, 6) is 0.296. The third-order valence-corrected chi connectivity index (χ3v) is 4.62. The molecule has 1 fully saturated rings. The van der Waals surface area contributed by atoms with E-state index >= 15 is 0 Å². The highest BCUT2D eigenvalue weighted by Crippen LogP contribution is 2.29. The topological polar surface area (TPSA) is 12.0 Å². The monoisotopic (exact) mass is 297 g/mol. The molecule has 1 aliphatic rings. The molecule has 0 heterocycles. The lowest BCUT2D eigenvalue weighted by Gasteiger charge is -2.26. The fourth-order valence-corrected chi connectivity index (χ4v) is 3.41. The van der Waals surface area contributed by atoms with Crippen molar-refractivity contribution in [2.24, 2.45) is 5.92 Å². The van der Waals surface area contributed by atoms with Crippen molar-refractivity contribution < 1.29 is 4.39 Å². The summed E-state index contributed by atoms with van der Waals surface area (Å²) in [5, 5.41) is 3.90. The normalized spacial score (nSPS) is 23.6. The molecule has 112 valence electrons. The highest BCUT2D eigenvalue weighted by atomic mass is 35.5. The summed E-state index contributed by atoms with van der Waals surface area (Å²) >= 11 is 5.89. The van der Waals surface area contributed by atoms with Gasteiger partial charge in [-0.1, -0.05) is 49.9 Å². The van der Waals surface area contributed by atoms with Crippen molar-refractivity contribution in [1.82, 2.24) is 5.32 Å². The second kappa shape index (κ2) is 7.99. The molecular weight excluding hydrogens is 273 g/mol. The first kappa shape index (κ1) is 15.8. The van der Waals surface area contributed by atoms with Gasteiger partial charge in [-0.3, -0.25) is 0 Å². The molecule has 0 bridgehead atoms. The molecule has 3 heteroatoms. The molecule has 0 saturated heterocycles. The van der Waals surface area contributed by atoms with E-state index in [2.05, 4.69) is 12.2 Å². The third kappa shape index (κ3) is 4.20. The number of rotatable bonds is 5. The molecule has 0 aromatic heterocycles. The number of hydrogen-bond acceptors (Lipinski definition) is 1. The van der Waals surface area contributed by atoms with E-state index in [0.29, 0.717) is 12.0 Å². The third-order valence-electron chi connectivity index (χ3n) is 4.33. The Morgan fingerprint density at radius 2 is 2.05 bits per heavy atom. The molecule has 0 radical (unpaired) electrons. The highest BCUT2D eigenvalue weighted by molar-refractivity contribution is 6.30. The van der Waals surface area contributed by atoms with Crippen LogP contribution in [-0.4, -0.2) is 12.6 Å². The maximum absolute atomic E-state index is 14.1. The van der Waals surface area contributed by atoms with Crippen LogP contribution in [0.1, 0.15) is 51.0 Å². The quantitative estimate of drug-likeness (QED) is 0.757. The van der Waals surface area contributed by atoms with Gasteiger partial charge in [0.25, 0.3) is 0 Å². The maximum Gasteiger partial charge on any atom is 0.144 e. The predicted molar refractivity (Wildman–Crippen MR) is 83.8 cm³/mol. The Labute approximate surface area is 126 Å². The molecule has 1 saturated carbocycles. The largest absolute Gasteiger partial charge is 0.314 e. The van der Waals surface area contributed by atoms with Crippen molar-refractivity contribution >= 4 is 11.6 Å². The summed E-state index contributed by atoms with van der Waals surface area (Å²) in [6, 6.07) is 5.88. The molecule has 0 amide bonds. The maximum atomic E-state index is 14.1. The number of halogens is 2. The Bertz CT molecular complexity index is 421. The molecule has 20 heavy (non-hydrogen) atoms. The SMILES string of the molecule is CCCNC1CCCCCC1Cc1cccc(Cl)c1F. The molecule has 2 unspecified atom stereocenters. The number of nitrogens with one attached hydrogen (secondary N) is 1. The van der Waals surface area contributed by atoms with E-state index in [0.717, 1.165) is 24.9 Å². The minimum Gasteiger partial charge on any atom is -0.314 e. The van der Waals surface area contributed by atoms with Gasteiger partial charge < -0.3 is 5.32 Å². The fraction of sp³-hybridized carbons (Fsp3) is 0.647. The van der Waals surface area contributed by atoms with Crippen molar-refractivity contribution in [2.45, 2.75) is 57.9 Å². The average molecular weight is 298 g/mol. The van der Waals surface area contributed by atoms with Gasteiger partial charge in [0.15, 0.2) is 0 Å². The summed E-state index contributed by atoms with van der Waals surface area (Å²) in [6.45, 7) is 3.24. The lowest BCUT2D eigenvalue weighted by atomic mass is 9.88. The van der Waals surface area contributed by atoms with Gasteiger partial charge in [0, 0.05) is 6.04 Å².